The average molecular weight is 232 g/mol. The van der Waals surface area contributed by atoms with Crippen LogP contribution in [0.15, 0.2) is 0 Å². The maximum absolute atomic E-state index is 11.6. The second-order valence-electron chi connectivity index (χ2n) is 2.14. The summed E-state index contributed by atoms with van der Waals surface area (Å²) < 4.78 is 53.4. The molecule has 0 saturated carbocycles. The molecule has 0 radical (unpaired) electrons. The highest BCUT2D eigenvalue weighted by Gasteiger charge is 2.29. The van der Waals surface area contributed by atoms with Gasteiger partial charge in [-0.3, -0.25) is 9.05 Å². The lowest BCUT2D eigenvalue weighted by Crippen LogP contribution is -2.11. The fourth-order valence-electron chi connectivity index (χ4n) is 0.433. The highest BCUT2D eigenvalue weighted by Crippen LogP contribution is 2.43. The molecule has 0 spiro atoms. The molecule has 0 heterocycles. The van der Waals surface area contributed by atoms with Crippen molar-refractivity contribution in [1.82, 2.24) is 0 Å². The van der Waals surface area contributed by atoms with Crippen LogP contribution in [0.3, 0.4) is 0 Å². The van der Waals surface area contributed by atoms with Gasteiger partial charge in [0.25, 0.3) is 0 Å². The fraction of sp³-hybridized carbons (Fsp3) is 0.667. The molecule has 82 valence electrons. The maximum atomic E-state index is 11.6. The molecule has 0 aromatic carbocycles. The molecule has 1 N–H and O–H groups in total. The third-order valence-electron chi connectivity index (χ3n) is 0.951. The highest BCUT2D eigenvalue weighted by atomic mass is 31.2. The first-order valence-corrected chi connectivity index (χ1v) is 4.88. The van der Waals surface area contributed by atoms with Crippen LogP contribution >= 0.6 is 7.82 Å². The molecule has 0 fully saturated rings. The van der Waals surface area contributed by atoms with Crippen LogP contribution in [0.25, 0.3) is 0 Å². The smallest absolute Gasteiger partial charge is 0.302 e. The number of rotatable bonds is 5. The third-order valence-corrected chi connectivity index (χ3v) is 1.92. The van der Waals surface area contributed by atoms with E-state index in [4.69, 9.17) is 11.3 Å². The molecule has 1 unspecified atom stereocenters. The standard InChI is InChI=1S/C6H8F3O4P/c1-2-4-12-14(10,11)13-5-3-6(7,8)9/h1H,3-5H2,(H,10,11). The van der Waals surface area contributed by atoms with E-state index in [1.807, 2.05) is 5.92 Å². The van der Waals surface area contributed by atoms with E-state index in [1.165, 1.54) is 0 Å². The van der Waals surface area contributed by atoms with Crippen LogP contribution in [0.2, 0.25) is 0 Å². The molecule has 0 aromatic rings. The molecule has 1 atom stereocenters. The van der Waals surface area contributed by atoms with E-state index in [0.717, 1.165) is 0 Å². The molecule has 0 aliphatic rings. The number of hydrogen-bond acceptors (Lipinski definition) is 3. The van der Waals surface area contributed by atoms with E-state index in [-0.39, 0.29) is 0 Å². The van der Waals surface area contributed by atoms with Crippen molar-refractivity contribution < 1.29 is 31.7 Å². The second-order valence-corrected chi connectivity index (χ2v) is 3.60. The van der Waals surface area contributed by atoms with Crippen molar-refractivity contribution in [3.8, 4) is 12.3 Å². The Morgan fingerprint density at radius 2 is 2.00 bits per heavy atom. The van der Waals surface area contributed by atoms with Gasteiger partial charge in [-0.05, 0) is 0 Å². The SMILES string of the molecule is C#CCOP(=O)(O)OCCC(F)(F)F. The molecule has 0 aliphatic carbocycles. The molecule has 0 rings (SSSR count). The van der Waals surface area contributed by atoms with Crippen LogP contribution in [0.4, 0.5) is 13.2 Å². The Kier molecular flexibility index (Phi) is 5.16. The minimum absolute atomic E-state index is 0.500. The van der Waals surface area contributed by atoms with E-state index >= 15 is 0 Å². The van der Waals surface area contributed by atoms with Gasteiger partial charge in [-0.15, -0.1) is 6.42 Å². The quantitative estimate of drug-likeness (QED) is 0.579. The Morgan fingerprint density at radius 1 is 1.43 bits per heavy atom. The number of phosphoric acid groups is 1. The number of phosphoric ester groups is 1. The van der Waals surface area contributed by atoms with Crippen molar-refractivity contribution >= 4 is 7.82 Å². The van der Waals surface area contributed by atoms with Gasteiger partial charge in [0, 0.05) is 0 Å². The zero-order valence-electron chi connectivity index (χ0n) is 6.95. The average Bonchev–Trinajstić information content (AvgIpc) is 1.98. The normalized spacial score (nSPS) is 15.9. The molecule has 14 heavy (non-hydrogen) atoms. The molecule has 0 bridgehead atoms. The minimum atomic E-state index is -4.44. The molecular weight excluding hydrogens is 224 g/mol. The van der Waals surface area contributed by atoms with Crippen LogP contribution in [-0.4, -0.2) is 24.3 Å². The van der Waals surface area contributed by atoms with Gasteiger partial charge in [-0.2, -0.15) is 13.2 Å². The summed E-state index contributed by atoms with van der Waals surface area (Å²) in [6.07, 6.45) is -1.07. The van der Waals surface area contributed by atoms with Gasteiger partial charge < -0.3 is 4.89 Å². The Morgan fingerprint density at radius 3 is 2.43 bits per heavy atom. The Bertz CT molecular complexity index is 257. The highest BCUT2D eigenvalue weighted by molar-refractivity contribution is 7.47. The molecule has 0 aliphatic heterocycles. The van der Waals surface area contributed by atoms with Gasteiger partial charge in [-0.25, -0.2) is 4.57 Å². The summed E-state index contributed by atoms with van der Waals surface area (Å²) in [4.78, 5) is 8.69. The summed E-state index contributed by atoms with van der Waals surface area (Å²) in [5.41, 5.74) is 0. The predicted molar refractivity (Wildman–Crippen MR) is 41.2 cm³/mol. The monoisotopic (exact) mass is 232 g/mol. The van der Waals surface area contributed by atoms with Gasteiger partial charge >= 0.3 is 14.0 Å². The predicted octanol–water partition coefficient (Wildman–Crippen LogP) is 1.71. The number of halogens is 3. The van der Waals surface area contributed by atoms with Crippen LogP contribution in [0.5, 0.6) is 0 Å². The molecule has 0 amide bonds. The lowest BCUT2D eigenvalue weighted by atomic mass is 10.5. The fourth-order valence-corrected chi connectivity index (χ4v) is 1.07. The van der Waals surface area contributed by atoms with Gasteiger partial charge in [0.2, 0.25) is 0 Å². The summed E-state index contributed by atoms with van der Waals surface area (Å²) >= 11 is 0. The van der Waals surface area contributed by atoms with E-state index in [9.17, 15) is 17.7 Å². The lowest BCUT2D eigenvalue weighted by molar-refractivity contribution is -0.140. The largest absolute Gasteiger partial charge is 0.473 e. The lowest BCUT2D eigenvalue weighted by Gasteiger charge is -2.11. The first-order chi connectivity index (χ1) is 6.27. The maximum Gasteiger partial charge on any atom is 0.473 e. The number of hydrogen-bond donors (Lipinski definition) is 1. The van der Waals surface area contributed by atoms with Gasteiger partial charge in [0.15, 0.2) is 0 Å². The van der Waals surface area contributed by atoms with Crippen LogP contribution < -0.4 is 0 Å². The first-order valence-electron chi connectivity index (χ1n) is 3.39. The zero-order chi connectivity index (χ0) is 11.2. The Hall–Kier alpha value is -0.540. The van der Waals surface area contributed by atoms with Crippen molar-refractivity contribution in [2.24, 2.45) is 0 Å². The molecular formula is C6H8F3O4P. The molecule has 4 nitrogen and oxygen atoms in total. The topological polar surface area (TPSA) is 55.8 Å². The van der Waals surface area contributed by atoms with Crippen LogP contribution in [0, 0.1) is 12.3 Å². The van der Waals surface area contributed by atoms with E-state index in [1.54, 1.807) is 0 Å². The van der Waals surface area contributed by atoms with Crippen molar-refractivity contribution in [2.75, 3.05) is 13.2 Å². The van der Waals surface area contributed by atoms with Crippen molar-refractivity contribution in [3.63, 3.8) is 0 Å². The van der Waals surface area contributed by atoms with Crippen molar-refractivity contribution in [3.05, 3.63) is 0 Å². The molecule has 0 aromatic heterocycles. The van der Waals surface area contributed by atoms with Crippen molar-refractivity contribution in [1.29, 1.82) is 0 Å². The summed E-state index contributed by atoms with van der Waals surface area (Å²) in [6.45, 7) is -1.44. The van der Waals surface area contributed by atoms with Gasteiger partial charge in [-0.1, -0.05) is 5.92 Å². The Balaban J connectivity index is 3.78. The zero-order valence-corrected chi connectivity index (χ0v) is 7.85. The van der Waals surface area contributed by atoms with E-state index < -0.39 is 33.6 Å². The molecule has 8 heteroatoms. The summed E-state index contributed by atoms with van der Waals surface area (Å²) in [5.74, 6) is 1.87. The van der Waals surface area contributed by atoms with Crippen LogP contribution in [0.1, 0.15) is 6.42 Å². The number of terminal acetylenes is 1. The third kappa shape index (κ3) is 8.08. The van der Waals surface area contributed by atoms with E-state index in [2.05, 4.69) is 9.05 Å². The summed E-state index contributed by atoms with van der Waals surface area (Å²) in [7, 11) is -4.44. The summed E-state index contributed by atoms with van der Waals surface area (Å²) in [6, 6.07) is 0. The van der Waals surface area contributed by atoms with Crippen LogP contribution in [-0.2, 0) is 13.6 Å². The summed E-state index contributed by atoms with van der Waals surface area (Å²) in [5, 5.41) is 0. The molecule has 0 saturated heterocycles. The Labute approximate surface area is 78.6 Å². The van der Waals surface area contributed by atoms with Crippen molar-refractivity contribution in [2.45, 2.75) is 12.6 Å². The minimum Gasteiger partial charge on any atom is -0.302 e. The number of alkyl halides is 3. The van der Waals surface area contributed by atoms with Gasteiger partial charge in [0.05, 0.1) is 13.0 Å². The second kappa shape index (κ2) is 5.37. The first kappa shape index (κ1) is 13.5. The van der Waals surface area contributed by atoms with E-state index in [0.29, 0.717) is 0 Å². The van der Waals surface area contributed by atoms with Gasteiger partial charge in [0.1, 0.15) is 6.61 Å².